The Bertz CT molecular complexity index is 3460. The van der Waals surface area contributed by atoms with Gasteiger partial charge in [0.2, 0.25) is 0 Å². The molecule has 0 bridgehead atoms. The number of pyridine rings is 1. The van der Waals surface area contributed by atoms with Crippen LogP contribution >= 0.6 is 0 Å². The van der Waals surface area contributed by atoms with Crippen molar-refractivity contribution in [3.05, 3.63) is 205 Å². The molecule has 0 atom stereocenters. The first-order chi connectivity index (χ1) is 32.5. The Kier molecular flexibility index (Phi) is 12.5. The fourth-order valence-corrected chi connectivity index (χ4v) is 8.96. The number of aromatic nitrogens is 5. The van der Waals surface area contributed by atoms with Crippen LogP contribution in [0.2, 0.25) is 0 Å². The second-order valence-electron chi connectivity index (χ2n) is 21.0. The average Bonchev–Trinajstić information content (AvgIpc) is 3.91. The van der Waals surface area contributed by atoms with Gasteiger partial charge in [-0.15, -0.1) is 34.8 Å². The predicted octanol–water partition coefficient (Wildman–Crippen LogP) is 15.0. The first-order valence-electron chi connectivity index (χ1n) is 23.5. The van der Waals surface area contributed by atoms with E-state index >= 15 is 0 Å². The molecule has 0 spiro atoms. The molecule has 7 heteroatoms. The first kappa shape index (κ1) is 47.2. The molecule has 0 fully saturated rings. The van der Waals surface area contributed by atoms with Gasteiger partial charge in [-0.05, 0) is 91.3 Å². The van der Waals surface area contributed by atoms with Gasteiger partial charge in [-0.3, -0.25) is 0 Å². The summed E-state index contributed by atoms with van der Waals surface area (Å²) in [5, 5.41) is 7.60. The summed E-state index contributed by atoms with van der Waals surface area (Å²) in [6, 6.07) is 62.6. The zero-order chi connectivity index (χ0) is 47.5. The molecule has 3 heterocycles. The van der Waals surface area contributed by atoms with Crippen LogP contribution in [0.1, 0.15) is 84.6 Å². The van der Waals surface area contributed by atoms with E-state index < -0.39 is 0 Å². The Balaban J connectivity index is 0.00000593. The monoisotopic (exact) mass is 1080 g/mol. The zero-order valence-corrected chi connectivity index (χ0v) is 43.3. The smallest absolute Gasteiger partial charge is 0.272 e. The molecule has 0 N–H and O–H groups in total. The quantitative estimate of drug-likeness (QED) is 0.113. The zero-order valence-electron chi connectivity index (χ0n) is 41.0. The molecule has 348 valence electrons. The van der Waals surface area contributed by atoms with E-state index in [0.717, 1.165) is 78.2 Å². The van der Waals surface area contributed by atoms with Gasteiger partial charge in [0.05, 0.1) is 5.69 Å². The van der Waals surface area contributed by atoms with Crippen molar-refractivity contribution in [1.82, 2.24) is 19.2 Å². The molecule has 0 aliphatic heterocycles. The molecule has 6 nitrogen and oxygen atoms in total. The van der Waals surface area contributed by atoms with Crippen molar-refractivity contribution >= 4 is 21.8 Å². The van der Waals surface area contributed by atoms with Crippen LogP contribution in [0, 0.1) is 25.4 Å². The second-order valence-corrected chi connectivity index (χ2v) is 21.0. The standard InChI is InChI=1S/C62H57N5O.Pt/c1-41-19-17-26-52(43-22-15-12-16-23-43)58(41)59-64-66(49-35-46(61(5,6)7)34-47(36-49)62(8,9)10)40-65(59)48-24-18-25-50(38-48)68-51-28-29-53-54-33-44(42-20-13-11-14-21-42)27-30-55(54)67(56(53)39-51)57-37-45(31-32-63-57)60(2,3)4;/h11-37H,1-10H3;/q-2;. The largest absolute Gasteiger partial charge is 0.510 e. The number of hydrogen-bond donors (Lipinski definition) is 0. The maximum Gasteiger partial charge on any atom is 0.272 e. The van der Waals surface area contributed by atoms with Crippen molar-refractivity contribution in [3.63, 3.8) is 0 Å². The van der Waals surface area contributed by atoms with Crippen molar-refractivity contribution in [3.8, 4) is 62.3 Å². The SMILES string of the molecule is Cc1cccc(-c2ccccc2)c1-c1n[n+](-c2cc(C(C)(C)C)cc(C(C)(C)C)c2)[c-]n1-c1[c-]c(Oc2[c-]c3c(cc2)c2cc(-c4ccccc4)ccc2n3-c2cc(C(C)(C)C)ccn2)ccc1.[Pt]. The third-order valence-corrected chi connectivity index (χ3v) is 12.9. The molecule has 0 unspecified atom stereocenters. The number of rotatable bonds is 8. The molecule has 0 saturated carbocycles. The van der Waals surface area contributed by atoms with E-state index in [4.69, 9.17) is 14.8 Å². The first-order valence-corrected chi connectivity index (χ1v) is 23.5. The van der Waals surface area contributed by atoms with Crippen LogP contribution in [0.3, 0.4) is 0 Å². The molecule has 7 aromatic carbocycles. The minimum Gasteiger partial charge on any atom is -0.510 e. The van der Waals surface area contributed by atoms with Crippen LogP contribution in [0.25, 0.3) is 72.6 Å². The number of aryl methyl sites for hydroxylation is 1. The summed E-state index contributed by atoms with van der Waals surface area (Å²) in [7, 11) is 0. The molecule has 69 heavy (non-hydrogen) atoms. The number of ether oxygens (including phenoxy) is 1. The Labute approximate surface area is 421 Å². The molecule has 0 aliphatic rings. The normalized spacial score (nSPS) is 12.1. The topological polar surface area (TPSA) is 48.8 Å². The minimum atomic E-state index is -0.0790. The van der Waals surface area contributed by atoms with Crippen molar-refractivity contribution in [2.24, 2.45) is 0 Å². The molecular formula is C62H57N5OPt-2. The summed E-state index contributed by atoms with van der Waals surface area (Å²) >= 11 is 0. The van der Waals surface area contributed by atoms with Gasteiger partial charge in [-0.25, -0.2) is 4.98 Å². The number of hydrogen-bond acceptors (Lipinski definition) is 3. The van der Waals surface area contributed by atoms with Crippen molar-refractivity contribution in [1.29, 1.82) is 0 Å². The summed E-state index contributed by atoms with van der Waals surface area (Å²) in [5.74, 6) is 2.68. The van der Waals surface area contributed by atoms with Crippen LogP contribution in [0.4, 0.5) is 0 Å². The van der Waals surface area contributed by atoms with Gasteiger partial charge in [-0.1, -0.05) is 183 Å². The van der Waals surface area contributed by atoms with Crippen LogP contribution < -0.4 is 9.42 Å². The van der Waals surface area contributed by atoms with E-state index in [2.05, 4.69) is 226 Å². The van der Waals surface area contributed by atoms with E-state index in [9.17, 15) is 0 Å². The van der Waals surface area contributed by atoms with Crippen LogP contribution in [-0.2, 0) is 37.3 Å². The van der Waals surface area contributed by atoms with Crippen LogP contribution in [-0.4, -0.2) is 19.2 Å². The molecule has 0 saturated heterocycles. The summed E-state index contributed by atoms with van der Waals surface area (Å²) in [6.07, 6.45) is 5.59. The van der Waals surface area contributed by atoms with E-state index in [1.807, 2.05) is 39.7 Å². The van der Waals surface area contributed by atoms with Crippen LogP contribution in [0.15, 0.2) is 164 Å². The minimum absolute atomic E-state index is 0. The summed E-state index contributed by atoms with van der Waals surface area (Å²) in [5.41, 5.74) is 13.7. The molecular weight excluding hydrogens is 1030 g/mol. The summed E-state index contributed by atoms with van der Waals surface area (Å²) < 4.78 is 12.9. The Morgan fingerprint density at radius 3 is 1.88 bits per heavy atom. The van der Waals surface area contributed by atoms with E-state index in [1.165, 1.54) is 16.7 Å². The van der Waals surface area contributed by atoms with Gasteiger partial charge in [0.25, 0.3) is 6.33 Å². The second kappa shape index (κ2) is 18.2. The van der Waals surface area contributed by atoms with Gasteiger partial charge in [0, 0.05) is 49.8 Å². The Morgan fingerprint density at radius 1 is 0.551 bits per heavy atom. The average molecular weight is 1080 g/mol. The Morgan fingerprint density at radius 2 is 1.20 bits per heavy atom. The van der Waals surface area contributed by atoms with Gasteiger partial charge < -0.3 is 13.9 Å². The van der Waals surface area contributed by atoms with Crippen molar-refractivity contribution in [2.45, 2.75) is 85.5 Å². The molecule has 10 aromatic rings. The summed E-state index contributed by atoms with van der Waals surface area (Å²) in [4.78, 5) is 4.94. The van der Waals surface area contributed by atoms with E-state index in [0.29, 0.717) is 11.5 Å². The molecule has 3 aromatic heterocycles. The molecule has 0 amide bonds. The van der Waals surface area contributed by atoms with Gasteiger partial charge in [0.15, 0.2) is 5.82 Å². The number of nitrogens with zero attached hydrogens (tertiary/aromatic N) is 5. The fraction of sp³-hybridized carbons (Fsp3) is 0.210. The molecule has 0 aliphatic carbocycles. The third-order valence-electron chi connectivity index (χ3n) is 12.9. The van der Waals surface area contributed by atoms with Gasteiger partial charge in [0.1, 0.15) is 5.82 Å². The molecule has 10 rings (SSSR count). The van der Waals surface area contributed by atoms with Crippen molar-refractivity contribution < 1.29 is 30.5 Å². The maximum absolute atomic E-state index is 6.77. The van der Waals surface area contributed by atoms with Crippen LogP contribution in [0.5, 0.6) is 11.5 Å². The summed E-state index contributed by atoms with van der Waals surface area (Å²) in [6.45, 7) is 22.4. The number of fused-ring (bicyclic) bond motifs is 3. The third kappa shape index (κ3) is 9.35. The Hall–Kier alpha value is -6.88. The number of benzene rings is 7. The van der Waals surface area contributed by atoms with E-state index in [-0.39, 0.29) is 37.3 Å². The van der Waals surface area contributed by atoms with Gasteiger partial charge in [-0.2, -0.15) is 22.9 Å². The molecule has 0 radical (unpaired) electrons. The van der Waals surface area contributed by atoms with Gasteiger partial charge >= 0.3 is 0 Å². The maximum atomic E-state index is 6.77. The van der Waals surface area contributed by atoms with Crippen molar-refractivity contribution in [2.75, 3.05) is 0 Å². The predicted molar refractivity (Wildman–Crippen MR) is 277 cm³/mol. The fourth-order valence-electron chi connectivity index (χ4n) is 8.96. The van der Waals surface area contributed by atoms with E-state index in [1.54, 1.807) is 0 Å².